The summed E-state index contributed by atoms with van der Waals surface area (Å²) in [6.07, 6.45) is 3.23. The molecule has 1 aliphatic carbocycles. The van der Waals surface area contributed by atoms with Crippen molar-refractivity contribution in [3.8, 4) is 0 Å². The largest absolute Gasteiger partial charge is 0.353 e. The number of nitrogens with one attached hydrogen (secondary N) is 1. The molecule has 0 bridgehead atoms. The van der Waals surface area contributed by atoms with Gasteiger partial charge in [-0.2, -0.15) is 0 Å². The summed E-state index contributed by atoms with van der Waals surface area (Å²) in [6.45, 7) is 8.44. The first-order chi connectivity index (χ1) is 7.43. The molecule has 0 aromatic rings. The average molecular weight is 226 g/mol. The summed E-state index contributed by atoms with van der Waals surface area (Å²) in [5.74, 6) is 1.12. The van der Waals surface area contributed by atoms with Crippen LogP contribution in [0.15, 0.2) is 0 Å². The molecule has 0 saturated heterocycles. The molecule has 0 spiro atoms. The first-order valence-electron chi connectivity index (χ1n) is 6.49. The zero-order valence-corrected chi connectivity index (χ0v) is 11.0. The minimum Gasteiger partial charge on any atom is -0.353 e. The number of hydrogen-bond acceptors (Lipinski definition) is 2. The molecule has 3 N–H and O–H groups in total. The predicted molar refractivity (Wildman–Crippen MR) is 66.9 cm³/mol. The van der Waals surface area contributed by atoms with Crippen molar-refractivity contribution in [2.45, 2.75) is 59.0 Å². The van der Waals surface area contributed by atoms with Crippen LogP contribution < -0.4 is 11.1 Å². The van der Waals surface area contributed by atoms with E-state index in [-0.39, 0.29) is 23.9 Å². The highest BCUT2D eigenvalue weighted by Crippen LogP contribution is 2.28. The van der Waals surface area contributed by atoms with Crippen LogP contribution in [0.1, 0.15) is 47.0 Å². The van der Waals surface area contributed by atoms with Crippen LogP contribution in [-0.2, 0) is 4.79 Å². The highest BCUT2D eigenvalue weighted by atomic mass is 16.2. The van der Waals surface area contributed by atoms with Gasteiger partial charge in [-0.1, -0.05) is 27.2 Å². The lowest BCUT2D eigenvalue weighted by atomic mass is 9.77. The summed E-state index contributed by atoms with van der Waals surface area (Å²) in [7, 11) is 0. The van der Waals surface area contributed by atoms with Crippen LogP contribution in [0.3, 0.4) is 0 Å². The molecule has 0 heterocycles. The van der Waals surface area contributed by atoms with E-state index in [1.165, 1.54) is 0 Å². The van der Waals surface area contributed by atoms with Crippen molar-refractivity contribution in [1.29, 1.82) is 0 Å². The molecule has 3 nitrogen and oxygen atoms in total. The Hall–Kier alpha value is -0.570. The number of nitrogens with two attached hydrogens (primary N) is 1. The van der Waals surface area contributed by atoms with Gasteiger partial charge in [-0.3, -0.25) is 4.79 Å². The van der Waals surface area contributed by atoms with Crippen molar-refractivity contribution >= 4 is 5.91 Å². The summed E-state index contributed by atoms with van der Waals surface area (Å²) < 4.78 is 0. The van der Waals surface area contributed by atoms with Crippen LogP contribution in [0, 0.1) is 17.8 Å². The minimum absolute atomic E-state index is 0.0185. The monoisotopic (exact) mass is 226 g/mol. The second-order valence-corrected chi connectivity index (χ2v) is 5.63. The van der Waals surface area contributed by atoms with Gasteiger partial charge in [0.15, 0.2) is 0 Å². The number of amides is 1. The van der Waals surface area contributed by atoms with Crippen LogP contribution in [0.4, 0.5) is 0 Å². The molecule has 4 unspecified atom stereocenters. The van der Waals surface area contributed by atoms with Gasteiger partial charge in [0.1, 0.15) is 0 Å². The Morgan fingerprint density at radius 3 is 2.50 bits per heavy atom. The molecule has 1 rings (SSSR count). The van der Waals surface area contributed by atoms with Crippen LogP contribution in [-0.4, -0.2) is 18.0 Å². The summed E-state index contributed by atoms with van der Waals surface area (Å²) in [4.78, 5) is 12.1. The topological polar surface area (TPSA) is 55.1 Å². The number of rotatable bonds is 3. The lowest BCUT2D eigenvalue weighted by Gasteiger charge is -2.34. The van der Waals surface area contributed by atoms with E-state index >= 15 is 0 Å². The van der Waals surface area contributed by atoms with E-state index in [9.17, 15) is 4.79 Å². The predicted octanol–water partition coefficient (Wildman–Crippen LogP) is 1.91. The molecule has 0 radical (unpaired) electrons. The molecular formula is C13H26N2O. The average Bonchev–Trinajstić information content (AvgIpc) is 2.21. The van der Waals surface area contributed by atoms with E-state index in [4.69, 9.17) is 5.73 Å². The lowest BCUT2D eigenvalue weighted by Crippen LogP contribution is -2.50. The molecule has 0 aromatic carbocycles. The maximum Gasteiger partial charge on any atom is 0.224 e. The van der Waals surface area contributed by atoms with E-state index in [1.54, 1.807) is 0 Å². The molecule has 1 saturated carbocycles. The molecule has 1 amide bonds. The molecule has 0 aliphatic heterocycles. The number of carbonyl (C=O) groups excluding carboxylic acids is 1. The molecule has 4 atom stereocenters. The molecule has 0 aromatic heterocycles. The summed E-state index contributed by atoms with van der Waals surface area (Å²) in [5, 5.41) is 3.08. The van der Waals surface area contributed by atoms with Crippen molar-refractivity contribution in [1.82, 2.24) is 5.32 Å². The highest BCUT2D eigenvalue weighted by Gasteiger charge is 2.33. The Morgan fingerprint density at radius 1 is 1.31 bits per heavy atom. The summed E-state index contributed by atoms with van der Waals surface area (Å²) in [6, 6.07) is 0.269. The van der Waals surface area contributed by atoms with E-state index in [0.29, 0.717) is 11.8 Å². The molecule has 16 heavy (non-hydrogen) atoms. The molecule has 94 valence electrons. The van der Waals surface area contributed by atoms with Gasteiger partial charge in [-0.15, -0.1) is 0 Å². The first kappa shape index (κ1) is 13.5. The molecular weight excluding hydrogens is 200 g/mol. The Balaban J connectivity index is 2.52. The first-order valence-corrected chi connectivity index (χ1v) is 6.49. The third-order valence-corrected chi connectivity index (χ3v) is 4.00. The van der Waals surface area contributed by atoms with Crippen LogP contribution in [0.25, 0.3) is 0 Å². The summed E-state index contributed by atoms with van der Waals surface area (Å²) in [5.41, 5.74) is 6.11. The summed E-state index contributed by atoms with van der Waals surface area (Å²) >= 11 is 0. The van der Waals surface area contributed by atoms with Gasteiger partial charge in [-0.05, 0) is 31.6 Å². The third-order valence-electron chi connectivity index (χ3n) is 4.00. The number of hydrogen-bond donors (Lipinski definition) is 2. The van der Waals surface area contributed by atoms with Gasteiger partial charge in [0.05, 0.1) is 5.92 Å². The number of carbonyl (C=O) groups is 1. The second-order valence-electron chi connectivity index (χ2n) is 5.63. The van der Waals surface area contributed by atoms with Gasteiger partial charge >= 0.3 is 0 Å². The van der Waals surface area contributed by atoms with Crippen molar-refractivity contribution in [2.75, 3.05) is 0 Å². The smallest absolute Gasteiger partial charge is 0.224 e. The normalized spacial score (nSPS) is 32.5. The van der Waals surface area contributed by atoms with E-state index < -0.39 is 0 Å². The SMILES string of the molecule is CC(C)C(C)NC(=O)C1CCCC(C)C1N. The molecule has 3 heteroatoms. The van der Waals surface area contributed by atoms with Crippen molar-refractivity contribution in [3.05, 3.63) is 0 Å². The van der Waals surface area contributed by atoms with Crippen molar-refractivity contribution in [3.63, 3.8) is 0 Å². The second kappa shape index (κ2) is 5.67. The fourth-order valence-corrected chi connectivity index (χ4v) is 2.25. The van der Waals surface area contributed by atoms with Crippen LogP contribution in [0.2, 0.25) is 0 Å². The van der Waals surface area contributed by atoms with Crippen molar-refractivity contribution < 1.29 is 4.79 Å². The highest BCUT2D eigenvalue weighted by molar-refractivity contribution is 5.79. The molecule has 1 aliphatic rings. The quantitative estimate of drug-likeness (QED) is 0.772. The lowest BCUT2D eigenvalue weighted by molar-refractivity contribution is -0.127. The fraction of sp³-hybridized carbons (Fsp3) is 0.923. The van der Waals surface area contributed by atoms with Crippen LogP contribution >= 0.6 is 0 Å². The van der Waals surface area contributed by atoms with Gasteiger partial charge < -0.3 is 11.1 Å². The standard InChI is InChI=1S/C13H26N2O/c1-8(2)10(4)15-13(16)11-7-5-6-9(3)12(11)14/h8-12H,5-7,14H2,1-4H3,(H,15,16). The molecule has 1 fully saturated rings. The van der Waals surface area contributed by atoms with Gasteiger partial charge in [0.2, 0.25) is 5.91 Å². The third kappa shape index (κ3) is 3.21. The van der Waals surface area contributed by atoms with E-state index in [1.807, 2.05) is 0 Å². The van der Waals surface area contributed by atoms with Gasteiger partial charge in [-0.25, -0.2) is 0 Å². The maximum absolute atomic E-state index is 12.1. The zero-order chi connectivity index (χ0) is 12.3. The van der Waals surface area contributed by atoms with E-state index in [0.717, 1.165) is 19.3 Å². The minimum atomic E-state index is 0.0185. The fourth-order valence-electron chi connectivity index (χ4n) is 2.25. The Bertz CT molecular complexity index is 240. The van der Waals surface area contributed by atoms with Crippen molar-refractivity contribution in [2.24, 2.45) is 23.5 Å². The Labute approximate surface area is 99.2 Å². The maximum atomic E-state index is 12.1. The Morgan fingerprint density at radius 2 is 1.94 bits per heavy atom. The zero-order valence-electron chi connectivity index (χ0n) is 11.0. The Kier molecular flexibility index (Phi) is 4.78. The van der Waals surface area contributed by atoms with Crippen LogP contribution in [0.5, 0.6) is 0 Å². The van der Waals surface area contributed by atoms with Gasteiger partial charge in [0, 0.05) is 12.1 Å². The van der Waals surface area contributed by atoms with E-state index in [2.05, 4.69) is 33.0 Å². The van der Waals surface area contributed by atoms with Gasteiger partial charge in [0.25, 0.3) is 0 Å².